The lowest BCUT2D eigenvalue weighted by atomic mass is 10.0. The van der Waals surface area contributed by atoms with E-state index in [1.54, 1.807) is 6.07 Å². The average Bonchev–Trinajstić information content (AvgIpc) is 2.81. The van der Waals surface area contributed by atoms with Gasteiger partial charge in [-0.2, -0.15) is 0 Å². The third-order valence-electron chi connectivity index (χ3n) is 5.93. The van der Waals surface area contributed by atoms with Crippen molar-refractivity contribution < 1.29 is 4.79 Å². The fraction of sp³-hybridized carbons (Fsp3) is 0.391. The summed E-state index contributed by atoms with van der Waals surface area (Å²) in [4.78, 5) is 44.0. The number of carbonyl (C=O) groups is 1. The highest BCUT2D eigenvalue weighted by Gasteiger charge is 2.15. The first kappa shape index (κ1) is 21.0. The first-order valence-corrected chi connectivity index (χ1v) is 10.6. The SMILES string of the molecule is Cn1c(=O)c2ccc(C(=O)NCc3ccccc3CN3CCCCC3)nc2n(C)c1=O. The highest BCUT2D eigenvalue weighted by molar-refractivity contribution is 5.94. The predicted octanol–water partition coefficient (Wildman–Crippen LogP) is 1.55. The van der Waals surface area contributed by atoms with E-state index in [0.29, 0.717) is 11.9 Å². The number of nitrogens with one attached hydrogen (secondary N) is 1. The van der Waals surface area contributed by atoms with Crippen molar-refractivity contribution in [2.45, 2.75) is 32.4 Å². The molecule has 162 valence electrons. The molecule has 0 saturated carbocycles. The maximum atomic E-state index is 12.8. The Morgan fingerprint density at radius 1 is 0.968 bits per heavy atom. The van der Waals surface area contributed by atoms with Gasteiger partial charge in [0.25, 0.3) is 11.5 Å². The minimum atomic E-state index is -0.478. The van der Waals surface area contributed by atoms with E-state index < -0.39 is 11.2 Å². The maximum absolute atomic E-state index is 12.8. The Bertz CT molecular complexity index is 1240. The molecule has 0 aliphatic carbocycles. The second kappa shape index (κ2) is 8.85. The van der Waals surface area contributed by atoms with E-state index in [1.807, 2.05) is 18.2 Å². The Balaban J connectivity index is 1.52. The van der Waals surface area contributed by atoms with Crippen LogP contribution in [-0.2, 0) is 27.2 Å². The molecule has 0 spiro atoms. The number of likely N-dealkylation sites (tertiary alicyclic amines) is 1. The van der Waals surface area contributed by atoms with Crippen LogP contribution in [0.1, 0.15) is 40.9 Å². The van der Waals surface area contributed by atoms with Gasteiger partial charge in [0.2, 0.25) is 0 Å². The van der Waals surface area contributed by atoms with Gasteiger partial charge in [0, 0.05) is 27.2 Å². The zero-order valence-electron chi connectivity index (χ0n) is 17.9. The number of rotatable bonds is 5. The van der Waals surface area contributed by atoms with Crippen LogP contribution in [0.4, 0.5) is 0 Å². The lowest BCUT2D eigenvalue weighted by Gasteiger charge is -2.27. The van der Waals surface area contributed by atoms with Crippen LogP contribution in [0.25, 0.3) is 11.0 Å². The van der Waals surface area contributed by atoms with Crippen molar-refractivity contribution in [2.75, 3.05) is 13.1 Å². The Hall–Kier alpha value is -3.26. The Morgan fingerprint density at radius 3 is 2.42 bits per heavy atom. The van der Waals surface area contributed by atoms with Gasteiger partial charge in [-0.05, 0) is 49.2 Å². The Kier molecular flexibility index (Phi) is 5.99. The normalized spacial score (nSPS) is 14.6. The van der Waals surface area contributed by atoms with E-state index >= 15 is 0 Å². The molecule has 8 nitrogen and oxygen atoms in total. The second-order valence-electron chi connectivity index (χ2n) is 8.06. The van der Waals surface area contributed by atoms with Crippen LogP contribution >= 0.6 is 0 Å². The van der Waals surface area contributed by atoms with Gasteiger partial charge in [-0.3, -0.25) is 23.6 Å². The fourth-order valence-corrected chi connectivity index (χ4v) is 4.09. The molecule has 1 fully saturated rings. The number of aryl methyl sites for hydroxylation is 1. The molecule has 1 N–H and O–H groups in total. The molecule has 0 atom stereocenters. The minimum absolute atomic E-state index is 0.171. The maximum Gasteiger partial charge on any atom is 0.332 e. The van der Waals surface area contributed by atoms with Gasteiger partial charge in [0.05, 0.1) is 5.39 Å². The minimum Gasteiger partial charge on any atom is -0.347 e. The van der Waals surface area contributed by atoms with Crippen LogP contribution in [0.15, 0.2) is 46.0 Å². The standard InChI is InChI=1S/C23H27N5O3/c1-26-20-18(22(30)27(2)23(26)31)10-11-19(25-20)21(29)24-14-16-8-4-5-9-17(16)15-28-12-6-3-7-13-28/h4-5,8-11H,3,6-7,12-15H2,1-2H3,(H,24,29). The third-order valence-corrected chi connectivity index (χ3v) is 5.93. The largest absolute Gasteiger partial charge is 0.347 e. The molecule has 3 aromatic rings. The molecule has 1 saturated heterocycles. The summed E-state index contributed by atoms with van der Waals surface area (Å²) in [7, 11) is 2.96. The summed E-state index contributed by atoms with van der Waals surface area (Å²) in [5.74, 6) is -0.345. The molecular weight excluding hydrogens is 394 g/mol. The molecular formula is C23H27N5O3. The van der Waals surface area contributed by atoms with Crippen LogP contribution in [-0.4, -0.2) is 38.0 Å². The molecule has 1 aliphatic rings. The number of hydrogen-bond donors (Lipinski definition) is 1. The lowest BCUT2D eigenvalue weighted by Crippen LogP contribution is -2.37. The van der Waals surface area contributed by atoms with Crippen molar-refractivity contribution in [2.24, 2.45) is 14.1 Å². The number of amides is 1. The Labute approximate surface area is 180 Å². The van der Waals surface area contributed by atoms with Crippen LogP contribution < -0.4 is 16.6 Å². The van der Waals surface area contributed by atoms with E-state index in [2.05, 4.69) is 21.3 Å². The van der Waals surface area contributed by atoms with Crippen molar-refractivity contribution in [3.05, 3.63) is 74.1 Å². The topological polar surface area (TPSA) is 89.2 Å². The van der Waals surface area contributed by atoms with Gasteiger partial charge in [-0.25, -0.2) is 9.78 Å². The zero-order valence-corrected chi connectivity index (χ0v) is 17.9. The number of nitrogens with zero attached hydrogens (tertiary/aromatic N) is 4. The van der Waals surface area contributed by atoms with Crippen LogP contribution in [0.2, 0.25) is 0 Å². The van der Waals surface area contributed by atoms with E-state index in [1.165, 1.54) is 49.6 Å². The van der Waals surface area contributed by atoms with Gasteiger partial charge < -0.3 is 5.32 Å². The van der Waals surface area contributed by atoms with Gasteiger partial charge in [0.1, 0.15) is 11.3 Å². The van der Waals surface area contributed by atoms with Crippen LogP contribution in [0, 0.1) is 0 Å². The van der Waals surface area contributed by atoms with Crippen LogP contribution in [0.3, 0.4) is 0 Å². The first-order chi connectivity index (χ1) is 15.0. The summed E-state index contributed by atoms with van der Waals surface area (Å²) < 4.78 is 2.31. The monoisotopic (exact) mass is 421 g/mol. The third kappa shape index (κ3) is 4.29. The number of carbonyl (C=O) groups excluding carboxylic acids is 1. The number of hydrogen-bond acceptors (Lipinski definition) is 5. The molecule has 8 heteroatoms. The molecule has 1 amide bonds. The summed E-state index contributed by atoms with van der Waals surface area (Å²) in [6.07, 6.45) is 3.76. The van der Waals surface area contributed by atoms with E-state index in [-0.39, 0.29) is 17.2 Å². The average molecular weight is 422 g/mol. The summed E-state index contributed by atoms with van der Waals surface area (Å²) in [5, 5.41) is 3.23. The van der Waals surface area contributed by atoms with E-state index in [9.17, 15) is 14.4 Å². The second-order valence-corrected chi connectivity index (χ2v) is 8.06. The van der Waals surface area contributed by atoms with Crippen LogP contribution in [0.5, 0.6) is 0 Å². The van der Waals surface area contributed by atoms with Crippen molar-refractivity contribution in [1.29, 1.82) is 0 Å². The molecule has 4 rings (SSSR count). The van der Waals surface area contributed by atoms with Crippen molar-refractivity contribution in [1.82, 2.24) is 24.3 Å². The number of pyridine rings is 1. The highest BCUT2D eigenvalue weighted by atomic mass is 16.2. The molecule has 0 unspecified atom stereocenters. The van der Waals surface area contributed by atoms with Gasteiger partial charge in [0.15, 0.2) is 0 Å². The smallest absolute Gasteiger partial charge is 0.332 e. The number of fused-ring (bicyclic) bond motifs is 1. The summed E-state index contributed by atoms with van der Waals surface area (Å²) in [5.41, 5.74) is 1.75. The van der Waals surface area contributed by atoms with Crippen molar-refractivity contribution in [3.63, 3.8) is 0 Å². The summed E-state index contributed by atoms with van der Waals surface area (Å²) >= 11 is 0. The highest BCUT2D eigenvalue weighted by Crippen LogP contribution is 2.16. The summed E-state index contributed by atoms with van der Waals surface area (Å²) in [6.45, 7) is 3.49. The quantitative estimate of drug-likeness (QED) is 0.675. The van der Waals surface area contributed by atoms with Gasteiger partial charge in [-0.1, -0.05) is 30.7 Å². The Morgan fingerprint density at radius 2 is 1.68 bits per heavy atom. The van der Waals surface area contributed by atoms with Gasteiger partial charge >= 0.3 is 5.69 Å². The molecule has 2 aromatic heterocycles. The molecule has 1 aliphatic heterocycles. The molecule has 31 heavy (non-hydrogen) atoms. The molecule has 3 heterocycles. The number of piperidine rings is 1. The predicted molar refractivity (Wildman–Crippen MR) is 119 cm³/mol. The van der Waals surface area contributed by atoms with Gasteiger partial charge in [-0.15, -0.1) is 0 Å². The fourth-order valence-electron chi connectivity index (χ4n) is 4.09. The molecule has 1 aromatic carbocycles. The number of benzene rings is 1. The van der Waals surface area contributed by atoms with Crippen molar-refractivity contribution in [3.8, 4) is 0 Å². The van der Waals surface area contributed by atoms with E-state index in [0.717, 1.165) is 29.8 Å². The number of aromatic nitrogens is 3. The molecule has 0 radical (unpaired) electrons. The zero-order chi connectivity index (χ0) is 22.0. The van der Waals surface area contributed by atoms with Crippen molar-refractivity contribution >= 4 is 16.9 Å². The van der Waals surface area contributed by atoms with E-state index in [4.69, 9.17) is 0 Å². The lowest BCUT2D eigenvalue weighted by molar-refractivity contribution is 0.0946. The molecule has 0 bridgehead atoms. The first-order valence-electron chi connectivity index (χ1n) is 10.6. The summed E-state index contributed by atoms with van der Waals surface area (Å²) in [6, 6.07) is 11.2.